The second-order valence-electron chi connectivity index (χ2n) is 5.38. The maximum Gasteiger partial charge on any atom is 0.431 e. The third-order valence-corrected chi connectivity index (χ3v) is 4.55. The molecule has 0 aliphatic heterocycles. The van der Waals surface area contributed by atoms with Crippen molar-refractivity contribution in [2.24, 2.45) is 10.7 Å². The van der Waals surface area contributed by atoms with Crippen molar-refractivity contribution >= 4 is 29.4 Å². The third kappa shape index (κ3) is 4.96. The molecule has 0 amide bonds. The smallest absolute Gasteiger partial charge is 0.401 e. The minimum absolute atomic E-state index is 0.0645. The van der Waals surface area contributed by atoms with Gasteiger partial charge in [-0.15, -0.1) is 0 Å². The number of rotatable bonds is 2. The molecule has 0 spiro atoms. The molecule has 1 aromatic heterocycles. The van der Waals surface area contributed by atoms with E-state index in [1.54, 1.807) is 0 Å². The molecule has 0 bridgehead atoms. The molecule has 1 aromatic rings. The topological polar surface area (TPSA) is 43.3 Å². The highest BCUT2D eigenvalue weighted by Crippen LogP contribution is 2.39. The number of alkyl halides is 3. The molecule has 2 rings (SSSR count). The molecule has 1 aliphatic rings. The predicted molar refractivity (Wildman–Crippen MR) is 102 cm³/mol. The lowest BCUT2D eigenvalue weighted by atomic mass is 9.93. The van der Waals surface area contributed by atoms with Gasteiger partial charge < -0.3 is 5.73 Å². The molecule has 0 saturated carbocycles. The van der Waals surface area contributed by atoms with Gasteiger partial charge in [-0.2, -0.15) is 13.2 Å². The van der Waals surface area contributed by atoms with Crippen LogP contribution in [0.15, 0.2) is 40.3 Å². The summed E-state index contributed by atoms with van der Waals surface area (Å²) in [5, 5.41) is -0.175. The van der Waals surface area contributed by atoms with Crippen molar-refractivity contribution in [3.05, 3.63) is 57.0 Å². The van der Waals surface area contributed by atoms with Gasteiger partial charge in [0.15, 0.2) is 0 Å². The number of allylic oxidation sites excluding steroid dienone is 4. The Hall–Kier alpha value is -1.73. The zero-order chi connectivity index (χ0) is 20.9. The summed E-state index contributed by atoms with van der Waals surface area (Å²) in [6, 6.07) is 0.740. The van der Waals surface area contributed by atoms with Gasteiger partial charge in [0.05, 0.1) is 10.1 Å². The molecule has 1 aliphatic carbocycles. The Labute approximate surface area is 165 Å². The molecule has 9 heteroatoms. The summed E-state index contributed by atoms with van der Waals surface area (Å²) < 4.78 is 55.1. The number of pyridine rings is 1. The summed E-state index contributed by atoms with van der Waals surface area (Å²) in [7, 11) is 1.30. The highest BCUT2D eigenvalue weighted by atomic mass is 35.5. The van der Waals surface area contributed by atoms with Crippen LogP contribution < -0.4 is 11.2 Å². The fourth-order valence-corrected chi connectivity index (χ4v) is 3.24. The predicted octanol–water partition coefficient (Wildman–Crippen LogP) is 5.96. The molecule has 27 heavy (non-hydrogen) atoms. The van der Waals surface area contributed by atoms with Crippen LogP contribution in [0.25, 0.3) is 6.20 Å². The van der Waals surface area contributed by atoms with E-state index in [0.717, 1.165) is 22.9 Å². The van der Waals surface area contributed by atoms with Gasteiger partial charge in [-0.1, -0.05) is 43.6 Å². The molecular weight excluding hydrogens is 405 g/mol. The molecular formula is C18H21Cl2F4N3. The Bertz CT molecular complexity index is 836. The zero-order valence-corrected chi connectivity index (χ0v) is 16.7. The fraction of sp³-hybridized carbons (Fsp3) is 0.389. The summed E-state index contributed by atoms with van der Waals surface area (Å²) >= 11 is 12.0. The summed E-state index contributed by atoms with van der Waals surface area (Å²) in [4.78, 5) is 3.89. The Balaban J connectivity index is 0.00000176. The van der Waals surface area contributed by atoms with Gasteiger partial charge in [-0.05, 0) is 25.0 Å². The van der Waals surface area contributed by atoms with Crippen LogP contribution in [-0.2, 0) is 6.18 Å². The van der Waals surface area contributed by atoms with Gasteiger partial charge in [0.1, 0.15) is 17.0 Å². The van der Waals surface area contributed by atoms with Gasteiger partial charge in [-0.3, -0.25) is 9.56 Å². The van der Waals surface area contributed by atoms with E-state index in [9.17, 15) is 17.6 Å². The van der Waals surface area contributed by atoms with E-state index in [4.69, 9.17) is 28.9 Å². The van der Waals surface area contributed by atoms with Crippen LogP contribution in [0.2, 0.25) is 5.02 Å². The number of nitrogens with two attached hydrogens (primary N) is 1. The largest absolute Gasteiger partial charge is 0.431 e. The van der Waals surface area contributed by atoms with Gasteiger partial charge in [0.2, 0.25) is 0 Å². The van der Waals surface area contributed by atoms with Crippen molar-refractivity contribution in [2.75, 3.05) is 7.05 Å². The minimum Gasteiger partial charge on any atom is -0.401 e. The van der Waals surface area contributed by atoms with Gasteiger partial charge >= 0.3 is 6.18 Å². The standard InChI is InChI=1S/C16H15Cl2F4N3.C2H6/c1-3-25-13(16(20,21)22)7-10(18)14(15(25)24-2)8-4-5-12(23)9(17)6-11(8)19;1-2/h3,6-8H,1,4-5,23H2,2H3;1-2H3. The SMILES string of the molecule is C=Cn1c(C(F)(F)F)cc(Cl)c(C2CCC(N)=C(Cl)C=C2F)c1=NC.CC. The average Bonchev–Trinajstić information content (AvgIpc) is 2.73. The summed E-state index contributed by atoms with van der Waals surface area (Å²) in [5.41, 5.74) is 4.99. The number of hydrogen-bond donors (Lipinski definition) is 1. The summed E-state index contributed by atoms with van der Waals surface area (Å²) in [6.07, 6.45) is -2.21. The summed E-state index contributed by atoms with van der Waals surface area (Å²) in [6.45, 7) is 7.39. The average molecular weight is 426 g/mol. The van der Waals surface area contributed by atoms with Crippen molar-refractivity contribution in [2.45, 2.75) is 38.8 Å². The van der Waals surface area contributed by atoms with Crippen LogP contribution in [0.1, 0.15) is 43.9 Å². The van der Waals surface area contributed by atoms with Crippen LogP contribution in [0.3, 0.4) is 0 Å². The molecule has 1 heterocycles. The molecule has 2 N–H and O–H groups in total. The number of aromatic nitrogens is 1. The Morgan fingerprint density at radius 3 is 2.41 bits per heavy atom. The molecule has 1 atom stereocenters. The summed E-state index contributed by atoms with van der Waals surface area (Å²) in [5.74, 6) is -1.57. The van der Waals surface area contributed by atoms with Gasteiger partial charge in [0, 0.05) is 30.4 Å². The molecule has 150 valence electrons. The first-order valence-electron chi connectivity index (χ1n) is 8.20. The monoisotopic (exact) mass is 425 g/mol. The van der Waals surface area contributed by atoms with E-state index in [2.05, 4.69) is 11.6 Å². The minimum atomic E-state index is -4.68. The maximum absolute atomic E-state index is 14.6. The van der Waals surface area contributed by atoms with Crippen LogP contribution in [-0.4, -0.2) is 11.6 Å². The number of halogens is 6. The van der Waals surface area contributed by atoms with Crippen molar-refractivity contribution in [3.8, 4) is 0 Å². The quantitative estimate of drug-likeness (QED) is 0.583. The highest BCUT2D eigenvalue weighted by molar-refractivity contribution is 6.32. The Kier molecular flexibility index (Phi) is 8.17. The van der Waals surface area contributed by atoms with Crippen molar-refractivity contribution in [1.29, 1.82) is 0 Å². The normalized spacial score (nSPS) is 18.5. The Morgan fingerprint density at radius 2 is 1.93 bits per heavy atom. The van der Waals surface area contributed by atoms with Crippen LogP contribution >= 0.6 is 23.2 Å². The lowest BCUT2D eigenvalue weighted by molar-refractivity contribution is -0.142. The first-order chi connectivity index (χ1) is 12.6. The highest BCUT2D eigenvalue weighted by Gasteiger charge is 2.36. The van der Waals surface area contributed by atoms with E-state index >= 15 is 0 Å². The molecule has 0 fully saturated rings. The van der Waals surface area contributed by atoms with Gasteiger partial charge in [-0.25, -0.2) is 4.39 Å². The van der Waals surface area contributed by atoms with E-state index < -0.39 is 23.6 Å². The van der Waals surface area contributed by atoms with E-state index in [-0.39, 0.29) is 33.9 Å². The third-order valence-electron chi connectivity index (χ3n) is 3.89. The van der Waals surface area contributed by atoms with Crippen LogP contribution in [0.4, 0.5) is 17.6 Å². The van der Waals surface area contributed by atoms with Gasteiger partial charge in [0.25, 0.3) is 0 Å². The Morgan fingerprint density at radius 1 is 1.33 bits per heavy atom. The van der Waals surface area contributed by atoms with Crippen LogP contribution in [0.5, 0.6) is 0 Å². The van der Waals surface area contributed by atoms with E-state index in [1.165, 1.54) is 7.05 Å². The van der Waals surface area contributed by atoms with E-state index in [0.29, 0.717) is 5.70 Å². The second-order valence-corrected chi connectivity index (χ2v) is 6.20. The molecule has 1 unspecified atom stereocenters. The van der Waals surface area contributed by atoms with E-state index in [1.807, 2.05) is 13.8 Å². The first kappa shape index (κ1) is 23.3. The second kappa shape index (κ2) is 9.46. The zero-order valence-electron chi connectivity index (χ0n) is 15.2. The van der Waals surface area contributed by atoms with Crippen molar-refractivity contribution in [1.82, 2.24) is 4.57 Å². The lowest BCUT2D eigenvalue weighted by Gasteiger charge is -2.21. The number of hydrogen-bond acceptors (Lipinski definition) is 2. The molecule has 3 nitrogen and oxygen atoms in total. The fourth-order valence-electron chi connectivity index (χ4n) is 2.73. The molecule has 0 radical (unpaired) electrons. The van der Waals surface area contributed by atoms with Crippen molar-refractivity contribution < 1.29 is 17.6 Å². The van der Waals surface area contributed by atoms with Crippen molar-refractivity contribution in [3.63, 3.8) is 0 Å². The van der Waals surface area contributed by atoms with Crippen LogP contribution in [0, 0.1) is 0 Å². The first-order valence-corrected chi connectivity index (χ1v) is 8.96. The molecule has 0 saturated heterocycles. The molecule has 0 aromatic carbocycles. The lowest BCUT2D eigenvalue weighted by Crippen LogP contribution is -2.30. The number of nitrogens with zero attached hydrogens (tertiary/aromatic N) is 2. The maximum atomic E-state index is 14.6.